The van der Waals surface area contributed by atoms with Gasteiger partial charge in [-0.05, 0) is 55.0 Å². The molecule has 0 bridgehead atoms. The highest BCUT2D eigenvalue weighted by molar-refractivity contribution is 5.93. The number of aryl methyl sites for hydroxylation is 1. The fourth-order valence-corrected chi connectivity index (χ4v) is 3.17. The molecule has 0 saturated carbocycles. The van der Waals surface area contributed by atoms with E-state index in [0.29, 0.717) is 17.2 Å². The van der Waals surface area contributed by atoms with Crippen LogP contribution in [0.15, 0.2) is 36.5 Å². The Balaban J connectivity index is 1.63. The molecule has 3 rings (SSSR count). The Morgan fingerprint density at radius 2 is 2.17 bits per heavy atom. The maximum atomic E-state index is 12.4. The first kappa shape index (κ1) is 15.3. The van der Waals surface area contributed by atoms with E-state index in [2.05, 4.69) is 4.98 Å². The van der Waals surface area contributed by atoms with Crippen molar-refractivity contribution in [3.63, 3.8) is 0 Å². The van der Waals surface area contributed by atoms with E-state index in [4.69, 9.17) is 5.73 Å². The van der Waals surface area contributed by atoms with Gasteiger partial charge >= 0.3 is 0 Å². The van der Waals surface area contributed by atoms with Crippen molar-refractivity contribution in [1.29, 1.82) is 0 Å². The second-order valence-corrected chi connectivity index (χ2v) is 6.27. The van der Waals surface area contributed by atoms with E-state index in [0.717, 1.165) is 37.1 Å². The van der Waals surface area contributed by atoms with Crippen LogP contribution in [0.25, 0.3) is 0 Å². The van der Waals surface area contributed by atoms with Crippen LogP contribution in [-0.2, 0) is 6.42 Å². The van der Waals surface area contributed by atoms with Crippen LogP contribution in [0.4, 0.5) is 0 Å². The second-order valence-electron chi connectivity index (χ2n) is 6.27. The number of hydrogen-bond donors (Lipinski definition) is 2. The molecule has 0 aliphatic carbocycles. The largest absolute Gasteiger partial charge is 0.366 e. The summed E-state index contributed by atoms with van der Waals surface area (Å²) in [5, 5.41) is 0. The Bertz CT molecular complexity index is 735. The number of amides is 2. The summed E-state index contributed by atoms with van der Waals surface area (Å²) in [6.07, 6.45) is 3.68. The van der Waals surface area contributed by atoms with Crippen LogP contribution in [-0.4, -0.2) is 34.8 Å². The Kier molecular flexibility index (Phi) is 4.19. The Hall–Kier alpha value is -2.56. The minimum atomic E-state index is -0.405. The number of nitrogens with one attached hydrogen (secondary N) is 1. The van der Waals surface area contributed by atoms with E-state index in [1.165, 1.54) is 0 Å². The number of nitrogens with zero attached hydrogens (tertiary/aromatic N) is 1. The number of aromatic amines is 1. The van der Waals surface area contributed by atoms with Gasteiger partial charge in [-0.2, -0.15) is 0 Å². The first-order valence-corrected chi connectivity index (χ1v) is 7.86. The molecule has 0 radical (unpaired) electrons. The van der Waals surface area contributed by atoms with Crippen molar-refractivity contribution in [2.24, 2.45) is 11.7 Å². The zero-order chi connectivity index (χ0) is 16.4. The summed E-state index contributed by atoms with van der Waals surface area (Å²) in [4.78, 5) is 28.6. The molecule has 5 nitrogen and oxygen atoms in total. The molecule has 2 amide bonds. The Morgan fingerprint density at radius 1 is 1.35 bits per heavy atom. The van der Waals surface area contributed by atoms with Gasteiger partial charge in [0, 0.05) is 24.8 Å². The predicted molar refractivity (Wildman–Crippen MR) is 88.2 cm³/mol. The monoisotopic (exact) mass is 311 g/mol. The predicted octanol–water partition coefficient (Wildman–Crippen LogP) is 2.13. The molecular weight excluding hydrogens is 290 g/mol. The number of H-pyrrole nitrogens is 1. The summed E-state index contributed by atoms with van der Waals surface area (Å²) in [6.45, 7) is 3.49. The summed E-state index contributed by atoms with van der Waals surface area (Å²) in [5.74, 6) is 0.0711. The number of rotatable bonds is 4. The van der Waals surface area contributed by atoms with E-state index in [1.807, 2.05) is 42.3 Å². The molecule has 1 aliphatic rings. The van der Waals surface area contributed by atoms with Gasteiger partial charge in [0.2, 0.25) is 5.91 Å². The quantitative estimate of drug-likeness (QED) is 0.907. The molecule has 2 heterocycles. The van der Waals surface area contributed by atoms with Crippen molar-refractivity contribution >= 4 is 11.8 Å². The van der Waals surface area contributed by atoms with Crippen LogP contribution < -0.4 is 5.73 Å². The Morgan fingerprint density at radius 3 is 2.87 bits per heavy atom. The number of carbonyl (C=O) groups excluding carboxylic acids is 2. The van der Waals surface area contributed by atoms with Gasteiger partial charge in [-0.3, -0.25) is 9.59 Å². The number of likely N-dealkylation sites (tertiary alicyclic amines) is 1. The standard InChI is InChI=1S/C18H21N3O2/c1-12-7-16(20-10-12)18(23)21-6-5-14(11-21)8-13-3-2-4-15(9-13)17(19)22/h2-4,7,9-10,14,20H,5-6,8,11H2,1H3,(H2,19,22)/t14-/m1/s1. The lowest BCUT2D eigenvalue weighted by molar-refractivity contribution is 0.0781. The molecule has 1 saturated heterocycles. The third kappa shape index (κ3) is 3.44. The maximum Gasteiger partial charge on any atom is 0.270 e. The van der Waals surface area contributed by atoms with Gasteiger partial charge < -0.3 is 15.6 Å². The first-order chi connectivity index (χ1) is 11.0. The number of benzene rings is 1. The molecule has 2 aromatic rings. The maximum absolute atomic E-state index is 12.4. The highest BCUT2D eigenvalue weighted by Gasteiger charge is 2.27. The van der Waals surface area contributed by atoms with Gasteiger partial charge in [-0.1, -0.05) is 12.1 Å². The molecule has 120 valence electrons. The minimum Gasteiger partial charge on any atom is -0.366 e. The third-order valence-electron chi connectivity index (χ3n) is 4.37. The fourth-order valence-electron chi connectivity index (χ4n) is 3.17. The molecule has 1 fully saturated rings. The number of primary amides is 1. The van der Waals surface area contributed by atoms with Crippen LogP contribution in [0.1, 0.15) is 38.4 Å². The van der Waals surface area contributed by atoms with Crippen molar-refractivity contribution in [2.45, 2.75) is 19.8 Å². The topological polar surface area (TPSA) is 79.2 Å². The lowest BCUT2D eigenvalue weighted by atomic mass is 9.97. The van der Waals surface area contributed by atoms with E-state index in [9.17, 15) is 9.59 Å². The number of nitrogens with two attached hydrogens (primary N) is 1. The molecule has 1 atom stereocenters. The molecule has 3 N–H and O–H groups in total. The first-order valence-electron chi connectivity index (χ1n) is 7.86. The van der Waals surface area contributed by atoms with Crippen LogP contribution in [0.5, 0.6) is 0 Å². The summed E-state index contributed by atoms with van der Waals surface area (Å²) in [6, 6.07) is 9.32. The fraction of sp³-hybridized carbons (Fsp3) is 0.333. The molecule has 5 heteroatoms. The van der Waals surface area contributed by atoms with Gasteiger partial charge in [0.1, 0.15) is 5.69 Å². The van der Waals surface area contributed by atoms with Gasteiger partial charge in [0.15, 0.2) is 0 Å². The zero-order valence-corrected chi connectivity index (χ0v) is 13.2. The van der Waals surface area contributed by atoms with Gasteiger partial charge in [-0.25, -0.2) is 0 Å². The minimum absolute atomic E-state index is 0.0616. The molecule has 1 aromatic heterocycles. The summed E-state index contributed by atoms with van der Waals surface area (Å²) in [5.41, 5.74) is 8.67. The van der Waals surface area contributed by atoms with E-state index < -0.39 is 5.91 Å². The summed E-state index contributed by atoms with van der Waals surface area (Å²) < 4.78 is 0. The average Bonchev–Trinajstić information content (AvgIpc) is 3.16. The molecule has 1 aromatic carbocycles. The highest BCUT2D eigenvalue weighted by Crippen LogP contribution is 2.23. The van der Waals surface area contributed by atoms with E-state index >= 15 is 0 Å². The SMILES string of the molecule is Cc1c[nH]c(C(=O)N2CC[C@H](Cc3cccc(C(N)=O)c3)C2)c1. The molecule has 0 spiro atoms. The molecule has 1 aliphatic heterocycles. The normalized spacial score (nSPS) is 17.4. The molecular formula is C18H21N3O2. The van der Waals surface area contributed by atoms with Crippen molar-refractivity contribution in [2.75, 3.05) is 13.1 Å². The van der Waals surface area contributed by atoms with Crippen LogP contribution in [0, 0.1) is 12.8 Å². The second kappa shape index (κ2) is 6.28. The lowest BCUT2D eigenvalue weighted by Gasteiger charge is -2.16. The lowest BCUT2D eigenvalue weighted by Crippen LogP contribution is -2.29. The van der Waals surface area contributed by atoms with Crippen LogP contribution >= 0.6 is 0 Å². The average molecular weight is 311 g/mol. The van der Waals surface area contributed by atoms with Crippen molar-refractivity contribution in [1.82, 2.24) is 9.88 Å². The van der Waals surface area contributed by atoms with E-state index in [1.54, 1.807) is 6.07 Å². The van der Waals surface area contributed by atoms with Gasteiger partial charge in [0.25, 0.3) is 5.91 Å². The van der Waals surface area contributed by atoms with Gasteiger partial charge in [-0.15, -0.1) is 0 Å². The zero-order valence-electron chi connectivity index (χ0n) is 13.2. The van der Waals surface area contributed by atoms with Crippen molar-refractivity contribution in [3.8, 4) is 0 Å². The summed E-state index contributed by atoms with van der Waals surface area (Å²) in [7, 11) is 0. The van der Waals surface area contributed by atoms with Crippen molar-refractivity contribution in [3.05, 3.63) is 58.9 Å². The smallest absolute Gasteiger partial charge is 0.270 e. The third-order valence-corrected chi connectivity index (χ3v) is 4.37. The highest BCUT2D eigenvalue weighted by atomic mass is 16.2. The van der Waals surface area contributed by atoms with E-state index in [-0.39, 0.29) is 5.91 Å². The molecule has 23 heavy (non-hydrogen) atoms. The number of carbonyl (C=O) groups is 2. The van der Waals surface area contributed by atoms with Crippen LogP contribution in [0.2, 0.25) is 0 Å². The van der Waals surface area contributed by atoms with Gasteiger partial charge in [0.05, 0.1) is 0 Å². The van der Waals surface area contributed by atoms with Crippen molar-refractivity contribution < 1.29 is 9.59 Å². The number of aromatic nitrogens is 1. The summed E-state index contributed by atoms with van der Waals surface area (Å²) >= 11 is 0. The van der Waals surface area contributed by atoms with Crippen LogP contribution in [0.3, 0.4) is 0 Å². The Labute approximate surface area is 135 Å². The number of hydrogen-bond acceptors (Lipinski definition) is 2. The molecule has 0 unspecified atom stereocenters.